The fourth-order valence-electron chi connectivity index (χ4n) is 1.88. The Balaban J connectivity index is 2.52. The second-order valence-corrected chi connectivity index (χ2v) is 3.57. The van der Waals surface area contributed by atoms with E-state index in [2.05, 4.69) is 0 Å². The van der Waals surface area contributed by atoms with E-state index < -0.39 is 0 Å². The first-order valence-corrected chi connectivity index (χ1v) is 4.52. The predicted octanol–water partition coefficient (Wildman–Crippen LogP) is 1.74. The van der Waals surface area contributed by atoms with Gasteiger partial charge in [0, 0.05) is 6.04 Å². The number of rotatable bonds is 0. The largest absolute Gasteiger partial charge is 0.396 e. The molecule has 0 saturated carbocycles. The van der Waals surface area contributed by atoms with Gasteiger partial charge in [0.25, 0.3) is 0 Å². The van der Waals surface area contributed by atoms with Crippen LogP contribution in [0.25, 0.3) is 0 Å². The van der Waals surface area contributed by atoms with Gasteiger partial charge in [-0.05, 0) is 42.5 Å². The van der Waals surface area contributed by atoms with Gasteiger partial charge in [0.1, 0.15) is 5.82 Å². The molecule has 0 heterocycles. The van der Waals surface area contributed by atoms with Gasteiger partial charge in [-0.15, -0.1) is 0 Å². The molecule has 0 amide bonds. The molecule has 1 aromatic carbocycles. The highest BCUT2D eigenvalue weighted by molar-refractivity contribution is 5.48. The zero-order chi connectivity index (χ0) is 9.42. The minimum atomic E-state index is -0.351. The van der Waals surface area contributed by atoms with Crippen molar-refractivity contribution in [2.24, 2.45) is 5.73 Å². The van der Waals surface area contributed by atoms with Crippen LogP contribution in [0.3, 0.4) is 0 Å². The minimum Gasteiger partial charge on any atom is -0.396 e. The lowest BCUT2D eigenvalue weighted by Gasteiger charge is -2.22. The van der Waals surface area contributed by atoms with Crippen LogP contribution in [0.5, 0.6) is 0 Å². The van der Waals surface area contributed by atoms with Crippen LogP contribution in [0.1, 0.15) is 30.0 Å². The number of nitrogen functional groups attached to an aromatic ring is 1. The van der Waals surface area contributed by atoms with E-state index >= 15 is 0 Å². The summed E-state index contributed by atoms with van der Waals surface area (Å²) in [5, 5.41) is 0. The smallest absolute Gasteiger partial charge is 0.146 e. The Kier molecular flexibility index (Phi) is 1.96. The molecule has 1 aliphatic carbocycles. The summed E-state index contributed by atoms with van der Waals surface area (Å²) in [6.45, 7) is 0. The van der Waals surface area contributed by atoms with Crippen LogP contribution in [0.15, 0.2) is 12.1 Å². The van der Waals surface area contributed by atoms with Gasteiger partial charge >= 0.3 is 0 Å². The highest BCUT2D eigenvalue weighted by atomic mass is 19.1. The van der Waals surface area contributed by atoms with Crippen molar-refractivity contribution >= 4 is 5.69 Å². The van der Waals surface area contributed by atoms with Gasteiger partial charge in [-0.1, -0.05) is 0 Å². The van der Waals surface area contributed by atoms with Gasteiger partial charge in [-0.2, -0.15) is 0 Å². The summed E-state index contributed by atoms with van der Waals surface area (Å²) in [5.41, 5.74) is 13.6. The van der Waals surface area contributed by atoms with Crippen LogP contribution < -0.4 is 11.5 Å². The van der Waals surface area contributed by atoms with Gasteiger partial charge in [-0.25, -0.2) is 4.39 Å². The Hall–Kier alpha value is -1.09. The lowest BCUT2D eigenvalue weighted by Crippen LogP contribution is -2.18. The number of hydrogen-bond acceptors (Lipinski definition) is 2. The second-order valence-electron chi connectivity index (χ2n) is 3.57. The summed E-state index contributed by atoms with van der Waals surface area (Å²) in [7, 11) is 0. The van der Waals surface area contributed by atoms with Crippen molar-refractivity contribution in [3.8, 4) is 0 Å². The van der Waals surface area contributed by atoms with E-state index in [4.69, 9.17) is 11.5 Å². The molecule has 3 heteroatoms. The van der Waals surface area contributed by atoms with E-state index in [0.29, 0.717) is 0 Å². The van der Waals surface area contributed by atoms with E-state index in [1.165, 1.54) is 6.07 Å². The summed E-state index contributed by atoms with van der Waals surface area (Å²) >= 11 is 0. The molecule has 4 N–H and O–H groups in total. The SMILES string of the molecule is Nc1cc2c(cc1F)C(N)CCC2. The van der Waals surface area contributed by atoms with Crippen LogP contribution in [0.2, 0.25) is 0 Å². The Morgan fingerprint density at radius 2 is 2.15 bits per heavy atom. The third kappa shape index (κ3) is 1.40. The average Bonchev–Trinajstić information content (AvgIpc) is 2.09. The van der Waals surface area contributed by atoms with Crippen molar-refractivity contribution in [3.05, 3.63) is 29.1 Å². The molecule has 13 heavy (non-hydrogen) atoms. The fraction of sp³-hybridized carbons (Fsp3) is 0.400. The lowest BCUT2D eigenvalue weighted by atomic mass is 9.88. The molecule has 0 aliphatic heterocycles. The second kappa shape index (κ2) is 3.00. The normalized spacial score (nSPS) is 21.2. The average molecular weight is 180 g/mol. The molecule has 2 nitrogen and oxygen atoms in total. The zero-order valence-electron chi connectivity index (χ0n) is 7.39. The van der Waals surface area contributed by atoms with Crippen LogP contribution in [0.4, 0.5) is 10.1 Å². The van der Waals surface area contributed by atoms with Gasteiger partial charge in [-0.3, -0.25) is 0 Å². The van der Waals surface area contributed by atoms with Crippen LogP contribution in [0, 0.1) is 5.82 Å². The lowest BCUT2D eigenvalue weighted by molar-refractivity contribution is 0.558. The first-order valence-electron chi connectivity index (χ1n) is 4.52. The van der Waals surface area contributed by atoms with Gasteiger partial charge in [0.15, 0.2) is 0 Å². The highest BCUT2D eigenvalue weighted by Crippen LogP contribution is 2.30. The molecule has 1 atom stereocenters. The molecule has 0 spiro atoms. The number of nitrogens with two attached hydrogens (primary N) is 2. The van der Waals surface area contributed by atoms with E-state index in [1.807, 2.05) is 0 Å². The molecule has 70 valence electrons. The maximum atomic E-state index is 13.1. The van der Waals surface area contributed by atoms with E-state index in [1.54, 1.807) is 6.07 Å². The third-order valence-electron chi connectivity index (χ3n) is 2.62. The monoisotopic (exact) mass is 180 g/mol. The van der Waals surface area contributed by atoms with Gasteiger partial charge in [0.05, 0.1) is 5.69 Å². The zero-order valence-corrected chi connectivity index (χ0v) is 7.39. The Morgan fingerprint density at radius 1 is 1.38 bits per heavy atom. The number of hydrogen-bond donors (Lipinski definition) is 2. The first kappa shape index (κ1) is 8.51. The maximum absolute atomic E-state index is 13.1. The molecule has 0 saturated heterocycles. The third-order valence-corrected chi connectivity index (χ3v) is 2.62. The summed E-state index contributed by atoms with van der Waals surface area (Å²) in [6, 6.07) is 3.18. The molecule has 1 unspecified atom stereocenters. The molecule has 0 radical (unpaired) electrons. The quantitative estimate of drug-likeness (QED) is 0.597. The van der Waals surface area contributed by atoms with Gasteiger partial charge < -0.3 is 11.5 Å². The van der Waals surface area contributed by atoms with E-state index in [0.717, 1.165) is 30.4 Å². The fourth-order valence-corrected chi connectivity index (χ4v) is 1.88. The summed E-state index contributed by atoms with van der Waals surface area (Å²) < 4.78 is 13.1. The molecule has 0 fully saturated rings. The van der Waals surface area contributed by atoms with Crippen LogP contribution >= 0.6 is 0 Å². The first-order chi connectivity index (χ1) is 6.18. The standard InChI is InChI=1S/C10H13FN2/c11-8-5-7-6(4-10(8)13)2-1-3-9(7)12/h4-5,9H,1-3,12-13H2. The van der Waals surface area contributed by atoms with Gasteiger partial charge in [0.2, 0.25) is 0 Å². The molecule has 1 aliphatic rings. The number of fused-ring (bicyclic) bond motifs is 1. The van der Waals surface area contributed by atoms with E-state index in [-0.39, 0.29) is 17.5 Å². The molecule has 0 aromatic heterocycles. The Bertz CT molecular complexity index is 336. The summed E-state index contributed by atoms with van der Waals surface area (Å²) in [4.78, 5) is 0. The number of anilines is 1. The predicted molar refractivity (Wildman–Crippen MR) is 50.7 cm³/mol. The van der Waals surface area contributed by atoms with Crippen LogP contribution in [-0.2, 0) is 6.42 Å². The van der Waals surface area contributed by atoms with Crippen LogP contribution in [-0.4, -0.2) is 0 Å². The highest BCUT2D eigenvalue weighted by Gasteiger charge is 2.18. The molecule has 0 bridgehead atoms. The minimum absolute atomic E-state index is 0.0150. The van der Waals surface area contributed by atoms with Crippen molar-refractivity contribution in [2.45, 2.75) is 25.3 Å². The maximum Gasteiger partial charge on any atom is 0.146 e. The van der Waals surface area contributed by atoms with E-state index in [9.17, 15) is 4.39 Å². The Labute approximate surface area is 76.7 Å². The van der Waals surface area contributed by atoms with Crippen molar-refractivity contribution in [2.75, 3.05) is 5.73 Å². The van der Waals surface area contributed by atoms with Crippen molar-refractivity contribution in [1.29, 1.82) is 0 Å². The number of benzene rings is 1. The summed E-state index contributed by atoms with van der Waals surface area (Å²) in [5.74, 6) is -0.351. The Morgan fingerprint density at radius 3 is 2.92 bits per heavy atom. The molecular weight excluding hydrogens is 167 g/mol. The summed E-state index contributed by atoms with van der Waals surface area (Å²) in [6.07, 6.45) is 2.98. The molecular formula is C10H13FN2. The number of halogens is 1. The van der Waals surface area contributed by atoms with Crippen molar-refractivity contribution in [3.63, 3.8) is 0 Å². The molecule has 2 rings (SSSR count). The van der Waals surface area contributed by atoms with Crippen molar-refractivity contribution < 1.29 is 4.39 Å². The van der Waals surface area contributed by atoms with Crippen molar-refractivity contribution in [1.82, 2.24) is 0 Å². The number of aryl methyl sites for hydroxylation is 1. The molecule has 1 aromatic rings. The topological polar surface area (TPSA) is 52.0 Å².